The maximum absolute atomic E-state index is 12.3. The number of pyridine rings is 1. The molecule has 144 valence electrons. The van der Waals surface area contributed by atoms with Crippen LogP contribution in [-0.2, 0) is 12.3 Å². The summed E-state index contributed by atoms with van der Waals surface area (Å²) in [6.07, 6.45) is 3.75. The Labute approximate surface area is 169 Å². The van der Waals surface area contributed by atoms with Crippen LogP contribution in [0.15, 0.2) is 66.9 Å². The SMILES string of the molecule is COc1cccc(Oc2ccc(CNC(=O)c3ccc(CSC)cc3)cn2)c1. The van der Waals surface area contributed by atoms with E-state index in [1.54, 1.807) is 37.2 Å². The Bertz CT molecular complexity index is 912. The number of thioether (sulfide) groups is 1. The second kappa shape index (κ2) is 9.80. The molecule has 1 amide bonds. The van der Waals surface area contributed by atoms with E-state index in [1.807, 2.05) is 48.5 Å². The number of benzene rings is 2. The summed E-state index contributed by atoms with van der Waals surface area (Å²) in [7, 11) is 1.61. The van der Waals surface area contributed by atoms with Gasteiger partial charge < -0.3 is 14.8 Å². The third-order valence-electron chi connectivity index (χ3n) is 4.04. The first kappa shape index (κ1) is 19.8. The summed E-state index contributed by atoms with van der Waals surface area (Å²) in [4.78, 5) is 16.6. The van der Waals surface area contributed by atoms with Crippen molar-refractivity contribution in [2.24, 2.45) is 0 Å². The molecule has 3 aromatic rings. The Morgan fingerprint density at radius 2 is 1.79 bits per heavy atom. The standard InChI is InChI=1S/C22H22N2O3S/c1-26-19-4-3-5-20(12-19)27-21-11-8-17(13-23-21)14-24-22(25)18-9-6-16(7-10-18)15-28-2/h3-13H,14-15H2,1-2H3,(H,24,25). The molecule has 28 heavy (non-hydrogen) atoms. The van der Waals surface area contributed by atoms with E-state index in [2.05, 4.69) is 16.6 Å². The van der Waals surface area contributed by atoms with Gasteiger partial charge in [-0.3, -0.25) is 4.79 Å². The summed E-state index contributed by atoms with van der Waals surface area (Å²) in [6, 6.07) is 18.7. The molecule has 2 aromatic carbocycles. The molecule has 1 aromatic heterocycles. The van der Waals surface area contributed by atoms with Crippen molar-refractivity contribution in [3.8, 4) is 17.4 Å². The van der Waals surface area contributed by atoms with E-state index in [-0.39, 0.29) is 5.91 Å². The van der Waals surface area contributed by atoms with E-state index in [1.165, 1.54) is 5.56 Å². The van der Waals surface area contributed by atoms with Gasteiger partial charge in [0.1, 0.15) is 11.5 Å². The van der Waals surface area contributed by atoms with Crippen molar-refractivity contribution in [3.63, 3.8) is 0 Å². The van der Waals surface area contributed by atoms with E-state index in [0.29, 0.717) is 23.7 Å². The van der Waals surface area contributed by atoms with Crippen LogP contribution in [-0.4, -0.2) is 24.3 Å². The Morgan fingerprint density at radius 1 is 1.04 bits per heavy atom. The van der Waals surface area contributed by atoms with E-state index in [4.69, 9.17) is 9.47 Å². The molecule has 0 unspecified atom stereocenters. The van der Waals surface area contributed by atoms with Gasteiger partial charge in [0.2, 0.25) is 5.88 Å². The summed E-state index contributed by atoms with van der Waals surface area (Å²) in [5.41, 5.74) is 2.75. The normalized spacial score (nSPS) is 10.4. The molecule has 0 radical (unpaired) electrons. The highest BCUT2D eigenvalue weighted by molar-refractivity contribution is 7.97. The third-order valence-corrected chi connectivity index (χ3v) is 4.66. The molecule has 5 nitrogen and oxygen atoms in total. The summed E-state index contributed by atoms with van der Waals surface area (Å²) in [6.45, 7) is 0.401. The van der Waals surface area contributed by atoms with Gasteiger partial charge in [-0.15, -0.1) is 0 Å². The van der Waals surface area contributed by atoms with Gasteiger partial charge in [0.15, 0.2) is 0 Å². The van der Waals surface area contributed by atoms with Gasteiger partial charge in [-0.1, -0.05) is 24.3 Å². The van der Waals surface area contributed by atoms with Gasteiger partial charge in [-0.25, -0.2) is 4.98 Å². The van der Waals surface area contributed by atoms with Crippen LogP contribution in [0.5, 0.6) is 17.4 Å². The van der Waals surface area contributed by atoms with Gasteiger partial charge in [-0.05, 0) is 41.6 Å². The fourth-order valence-electron chi connectivity index (χ4n) is 2.56. The lowest BCUT2D eigenvalue weighted by molar-refractivity contribution is 0.0951. The number of carbonyl (C=O) groups excluding carboxylic acids is 1. The van der Waals surface area contributed by atoms with E-state index >= 15 is 0 Å². The first-order chi connectivity index (χ1) is 13.7. The van der Waals surface area contributed by atoms with Gasteiger partial charge in [0.05, 0.1) is 7.11 Å². The zero-order valence-corrected chi connectivity index (χ0v) is 16.7. The Hall–Kier alpha value is -2.99. The van der Waals surface area contributed by atoms with Crippen LogP contribution >= 0.6 is 11.8 Å². The monoisotopic (exact) mass is 394 g/mol. The zero-order valence-electron chi connectivity index (χ0n) is 15.8. The predicted molar refractivity (Wildman–Crippen MR) is 112 cm³/mol. The minimum absolute atomic E-state index is 0.104. The van der Waals surface area contributed by atoms with Crippen LogP contribution in [0.25, 0.3) is 0 Å². The number of rotatable bonds is 8. The Kier molecular flexibility index (Phi) is 6.92. The van der Waals surface area contributed by atoms with Crippen molar-refractivity contribution in [1.82, 2.24) is 10.3 Å². The first-order valence-electron chi connectivity index (χ1n) is 8.81. The number of nitrogens with zero attached hydrogens (tertiary/aromatic N) is 1. The average molecular weight is 394 g/mol. The molecule has 0 aliphatic heterocycles. The van der Waals surface area contributed by atoms with E-state index in [9.17, 15) is 4.79 Å². The largest absolute Gasteiger partial charge is 0.497 e. The lowest BCUT2D eigenvalue weighted by Crippen LogP contribution is -2.22. The molecular formula is C22H22N2O3S. The fourth-order valence-corrected chi connectivity index (χ4v) is 3.09. The maximum Gasteiger partial charge on any atom is 0.251 e. The van der Waals surface area contributed by atoms with Crippen LogP contribution in [0, 0.1) is 0 Å². The van der Waals surface area contributed by atoms with Crippen LogP contribution in [0.1, 0.15) is 21.5 Å². The highest BCUT2D eigenvalue weighted by atomic mass is 32.2. The molecule has 0 spiro atoms. The quantitative estimate of drug-likeness (QED) is 0.601. The number of aromatic nitrogens is 1. The number of amides is 1. The minimum atomic E-state index is -0.104. The van der Waals surface area contributed by atoms with Crippen molar-refractivity contribution in [2.75, 3.05) is 13.4 Å². The zero-order chi connectivity index (χ0) is 19.8. The Balaban J connectivity index is 1.54. The molecule has 0 saturated carbocycles. The average Bonchev–Trinajstić information content (AvgIpc) is 2.74. The van der Waals surface area contributed by atoms with Crippen LogP contribution < -0.4 is 14.8 Å². The third kappa shape index (κ3) is 5.50. The molecule has 1 N–H and O–H groups in total. The highest BCUT2D eigenvalue weighted by Crippen LogP contribution is 2.23. The maximum atomic E-state index is 12.3. The number of methoxy groups -OCH3 is 1. The molecular weight excluding hydrogens is 372 g/mol. The van der Waals surface area contributed by atoms with E-state index < -0.39 is 0 Å². The molecule has 0 aliphatic rings. The number of ether oxygens (including phenoxy) is 2. The molecule has 0 atom stereocenters. The lowest BCUT2D eigenvalue weighted by atomic mass is 10.1. The number of hydrogen-bond donors (Lipinski definition) is 1. The highest BCUT2D eigenvalue weighted by Gasteiger charge is 2.06. The van der Waals surface area contributed by atoms with Gasteiger partial charge in [0, 0.05) is 36.2 Å². The van der Waals surface area contributed by atoms with Crippen molar-refractivity contribution in [2.45, 2.75) is 12.3 Å². The van der Waals surface area contributed by atoms with Gasteiger partial charge in [-0.2, -0.15) is 11.8 Å². The summed E-state index contributed by atoms with van der Waals surface area (Å²) < 4.78 is 10.9. The van der Waals surface area contributed by atoms with Crippen molar-refractivity contribution in [1.29, 1.82) is 0 Å². The molecule has 3 rings (SSSR count). The van der Waals surface area contributed by atoms with E-state index in [0.717, 1.165) is 17.1 Å². The molecule has 0 aliphatic carbocycles. The molecule has 1 heterocycles. The second-order valence-corrected chi connectivity index (χ2v) is 6.96. The lowest BCUT2D eigenvalue weighted by Gasteiger charge is -2.08. The Morgan fingerprint density at radius 3 is 2.46 bits per heavy atom. The number of hydrogen-bond acceptors (Lipinski definition) is 5. The van der Waals surface area contributed by atoms with Crippen LogP contribution in [0.4, 0.5) is 0 Å². The second-order valence-electron chi connectivity index (χ2n) is 6.10. The van der Waals surface area contributed by atoms with Crippen LogP contribution in [0.3, 0.4) is 0 Å². The number of carbonyl (C=O) groups is 1. The first-order valence-corrected chi connectivity index (χ1v) is 10.2. The minimum Gasteiger partial charge on any atom is -0.497 e. The summed E-state index contributed by atoms with van der Waals surface area (Å²) in [5.74, 6) is 2.69. The molecule has 0 fully saturated rings. The molecule has 6 heteroatoms. The molecule has 0 saturated heterocycles. The summed E-state index contributed by atoms with van der Waals surface area (Å²) in [5, 5.41) is 2.91. The van der Waals surface area contributed by atoms with Crippen molar-refractivity contribution in [3.05, 3.63) is 83.6 Å². The summed E-state index contributed by atoms with van der Waals surface area (Å²) >= 11 is 1.76. The van der Waals surface area contributed by atoms with Gasteiger partial charge >= 0.3 is 0 Å². The molecule has 0 bridgehead atoms. The van der Waals surface area contributed by atoms with Crippen molar-refractivity contribution < 1.29 is 14.3 Å². The van der Waals surface area contributed by atoms with Gasteiger partial charge in [0.25, 0.3) is 5.91 Å². The smallest absolute Gasteiger partial charge is 0.251 e. The topological polar surface area (TPSA) is 60.5 Å². The fraction of sp³-hybridized carbons (Fsp3) is 0.182. The van der Waals surface area contributed by atoms with Crippen LogP contribution in [0.2, 0.25) is 0 Å². The predicted octanol–water partition coefficient (Wildman–Crippen LogP) is 4.68. The van der Waals surface area contributed by atoms with Crippen molar-refractivity contribution >= 4 is 17.7 Å². The number of nitrogens with one attached hydrogen (secondary N) is 1.